The molecule has 0 unspecified atom stereocenters. The smallest absolute Gasteiger partial charge is 0.258 e. The van der Waals surface area contributed by atoms with E-state index in [1.54, 1.807) is 61.9 Å². The lowest BCUT2D eigenvalue weighted by Gasteiger charge is -2.12. The fourth-order valence-corrected chi connectivity index (χ4v) is 5.33. The third-order valence-electron chi connectivity index (χ3n) is 6.75. The number of nitrogens with one attached hydrogen (secondary N) is 1. The van der Waals surface area contributed by atoms with E-state index in [-0.39, 0.29) is 10.8 Å². The number of anilines is 1. The SMILES string of the molecule is Cc1noc(/C(=C\c2cccc(-c3cc(C(=O)Nc4cccnc4)cc4cccnc34)c2)c2ccc(S(C)(=O)=O)cc2)n1. The zero-order valence-electron chi connectivity index (χ0n) is 23.2. The van der Waals surface area contributed by atoms with Gasteiger partial charge in [0.05, 0.1) is 22.3 Å². The molecule has 0 fully saturated rings. The predicted octanol–water partition coefficient (Wildman–Crippen LogP) is 6.23. The molecule has 3 heterocycles. The first-order valence-electron chi connectivity index (χ1n) is 13.3. The highest BCUT2D eigenvalue weighted by Crippen LogP contribution is 2.32. The van der Waals surface area contributed by atoms with Gasteiger partial charge in [0.25, 0.3) is 11.8 Å². The van der Waals surface area contributed by atoms with Crippen LogP contribution in [0.15, 0.2) is 113 Å². The number of fused-ring (bicyclic) bond motifs is 1. The normalized spacial score (nSPS) is 11.9. The summed E-state index contributed by atoms with van der Waals surface area (Å²) in [7, 11) is -3.35. The summed E-state index contributed by atoms with van der Waals surface area (Å²) in [6.07, 6.45) is 8.03. The monoisotopic (exact) mass is 587 g/mol. The lowest BCUT2D eigenvalue weighted by molar-refractivity contribution is 0.102. The molecule has 1 N–H and O–H groups in total. The number of aromatic nitrogens is 4. The minimum absolute atomic E-state index is 0.214. The number of carbonyl (C=O) groups is 1. The van der Waals surface area contributed by atoms with Crippen LogP contribution in [0.5, 0.6) is 0 Å². The minimum atomic E-state index is -3.35. The topological polar surface area (TPSA) is 128 Å². The molecule has 1 amide bonds. The van der Waals surface area contributed by atoms with E-state index in [1.165, 1.54) is 6.26 Å². The van der Waals surface area contributed by atoms with Crippen molar-refractivity contribution in [2.45, 2.75) is 11.8 Å². The molecule has 0 aliphatic heterocycles. The van der Waals surface area contributed by atoms with Crippen LogP contribution in [-0.4, -0.2) is 40.7 Å². The van der Waals surface area contributed by atoms with Gasteiger partial charge in [-0.15, -0.1) is 0 Å². The molecule has 212 valence electrons. The van der Waals surface area contributed by atoms with Crippen molar-refractivity contribution in [1.82, 2.24) is 20.1 Å². The molecule has 3 aromatic heterocycles. The Morgan fingerprint density at radius 3 is 2.44 bits per heavy atom. The standard InChI is InChI=1S/C33H25N5O4S/c1-21-36-33(42-38-21)30(23-10-12-28(13-11-23)43(2,40)41)17-22-6-3-7-24(16-22)29-19-26(18-25-8-4-15-35-31(25)29)32(39)37-27-9-5-14-34-20-27/h3-20H,1-2H3,(H,37,39)/b30-17-. The molecule has 0 spiro atoms. The molecule has 6 aromatic rings. The number of carbonyl (C=O) groups excluding carboxylic acids is 1. The molecule has 9 nitrogen and oxygen atoms in total. The van der Waals surface area contributed by atoms with Crippen LogP contribution >= 0.6 is 0 Å². The van der Waals surface area contributed by atoms with Crippen LogP contribution in [-0.2, 0) is 9.84 Å². The fourth-order valence-electron chi connectivity index (χ4n) is 4.70. The highest BCUT2D eigenvalue weighted by atomic mass is 32.2. The summed E-state index contributed by atoms with van der Waals surface area (Å²) >= 11 is 0. The number of hydrogen-bond donors (Lipinski definition) is 1. The number of benzene rings is 3. The van der Waals surface area contributed by atoms with Crippen LogP contribution in [0, 0.1) is 6.92 Å². The van der Waals surface area contributed by atoms with Gasteiger partial charge in [0.1, 0.15) is 0 Å². The molecule has 0 aliphatic rings. The zero-order valence-corrected chi connectivity index (χ0v) is 24.0. The van der Waals surface area contributed by atoms with Gasteiger partial charge in [-0.1, -0.05) is 41.6 Å². The van der Waals surface area contributed by atoms with E-state index in [4.69, 9.17) is 4.52 Å². The van der Waals surface area contributed by atoms with Gasteiger partial charge >= 0.3 is 0 Å². The van der Waals surface area contributed by atoms with Gasteiger partial charge in [-0.05, 0) is 78.2 Å². The molecule has 0 aliphatic carbocycles. The summed E-state index contributed by atoms with van der Waals surface area (Å²) in [5.41, 5.74) is 5.64. The fraction of sp³-hybridized carbons (Fsp3) is 0.0606. The molecular weight excluding hydrogens is 562 g/mol. The second-order valence-corrected chi connectivity index (χ2v) is 11.9. The van der Waals surface area contributed by atoms with Crippen LogP contribution < -0.4 is 5.32 Å². The summed E-state index contributed by atoms with van der Waals surface area (Å²) in [5.74, 6) is 0.514. The van der Waals surface area contributed by atoms with Gasteiger partial charge in [-0.2, -0.15) is 4.98 Å². The van der Waals surface area contributed by atoms with Crippen LogP contribution in [0.2, 0.25) is 0 Å². The minimum Gasteiger partial charge on any atom is -0.334 e. The van der Waals surface area contributed by atoms with E-state index in [0.29, 0.717) is 34.1 Å². The Hall–Kier alpha value is -5.48. The Kier molecular flexibility index (Phi) is 7.35. The largest absolute Gasteiger partial charge is 0.334 e. The summed E-state index contributed by atoms with van der Waals surface area (Å²) in [5, 5.41) is 7.67. The van der Waals surface area contributed by atoms with Crippen molar-refractivity contribution in [1.29, 1.82) is 0 Å². The van der Waals surface area contributed by atoms with Gasteiger partial charge in [0.2, 0.25) is 0 Å². The Balaban J connectivity index is 1.44. The molecular formula is C33H25N5O4S. The number of amides is 1. The van der Waals surface area contributed by atoms with E-state index in [9.17, 15) is 13.2 Å². The van der Waals surface area contributed by atoms with Crippen molar-refractivity contribution < 1.29 is 17.7 Å². The van der Waals surface area contributed by atoms with Gasteiger partial charge in [-0.3, -0.25) is 14.8 Å². The highest BCUT2D eigenvalue weighted by Gasteiger charge is 2.16. The van der Waals surface area contributed by atoms with Crippen LogP contribution in [0.25, 0.3) is 33.7 Å². The van der Waals surface area contributed by atoms with Crippen molar-refractivity contribution in [3.8, 4) is 11.1 Å². The Morgan fingerprint density at radius 1 is 0.907 bits per heavy atom. The first-order chi connectivity index (χ1) is 20.7. The summed E-state index contributed by atoms with van der Waals surface area (Å²) in [6.45, 7) is 1.73. The Bertz CT molecular complexity index is 2110. The van der Waals surface area contributed by atoms with Crippen LogP contribution in [0.3, 0.4) is 0 Å². The molecule has 0 saturated carbocycles. The van der Waals surface area contributed by atoms with E-state index in [2.05, 4.69) is 25.4 Å². The van der Waals surface area contributed by atoms with E-state index < -0.39 is 9.84 Å². The predicted molar refractivity (Wildman–Crippen MR) is 165 cm³/mol. The first kappa shape index (κ1) is 27.7. The van der Waals surface area contributed by atoms with Gasteiger partial charge in [-0.25, -0.2) is 8.42 Å². The molecule has 10 heteroatoms. The molecule has 43 heavy (non-hydrogen) atoms. The van der Waals surface area contributed by atoms with E-state index in [1.807, 2.05) is 54.6 Å². The molecule has 0 atom stereocenters. The average molecular weight is 588 g/mol. The number of pyridine rings is 2. The van der Waals surface area contributed by atoms with Crippen molar-refractivity contribution >= 4 is 44.0 Å². The maximum atomic E-state index is 13.2. The van der Waals surface area contributed by atoms with Crippen molar-refractivity contribution in [3.05, 3.63) is 132 Å². The highest BCUT2D eigenvalue weighted by molar-refractivity contribution is 7.90. The summed E-state index contributed by atoms with van der Waals surface area (Å²) in [4.78, 5) is 26.5. The third kappa shape index (κ3) is 6.09. The lowest BCUT2D eigenvalue weighted by atomic mass is 9.96. The second kappa shape index (κ2) is 11.4. The van der Waals surface area contributed by atoms with Crippen molar-refractivity contribution in [2.75, 3.05) is 11.6 Å². The number of aryl methyl sites for hydroxylation is 1. The van der Waals surface area contributed by atoms with Crippen molar-refractivity contribution in [2.24, 2.45) is 0 Å². The maximum Gasteiger partial charge on any atom is 0.258 e. The average Bonchev–Trinajstić information content (AvgIpc) is 3.45. The van der Waals surface area contributed by atoms with Gasteiger partial charge in [0, 0.05) is 40.7 Å². The van der Waals surface area contributed by atoms with Crippen molar-refractivity contribution in [3.63, 3.8) is 0 Å². The molecule has 0 radical (unpaired) electrons. The maximum absolute atomic E-state index is 13.2. The number of sulfone groups is 1. The number of rotatable bonds is 7. The lowest BCUT2D eigenvalue weighted by Crippen LogP contribution is -2.12. The molecule has 0 saturated heterocycles. The van der Waals surface area contributed by atoms with Crippen LogP contribution in [0.1, 0.15) is 33.2 Å². The van der Waals surface area contributed by atoms with Gasteiger partial charge in [0.15, 0.2) is 15.7 Å². The molecule has 0 bridgehead atoms. The Morgan fingerprint density at radius 2 is 1.72 bits per heavy atom. The second-order valence-electron chi connectivity index (χ2n) is 9.92. The first-order valence-corrected chi connectivity index (χ1v) is 15.2. The third-order valence-corrected chi connectivity index (χ3v) is 7.88. The van der Waals surface area contributed by atoms with E-state index in [0.717, 1.165) is 27.6 Å². The summed E-state index contributed by atoms with van der Waals surface area (Å²) < 4.78 is 29.5. The summed E-state index contributed by atoms with van der Waals surface area (Å²) in [6, 6.07) is 25.3. The molecule has 6 rings (SSSR count). The van der Waals surface area contributed by atoms with Crippen LogP contribution in [0.4, 0.5) is 5.69 Å². The van der Waals surface area contributed by atoms with E-state index >= 15 is 0 Å². The van der Waals surface area contributed by atoms with Gasteiger partial charge < -0.3 is 9.84 Å². The Labute approximate surface area is 247 Å². The number of nitrogens with zero attached hydrogens (tertiary/aromatic N) is 4. The zero-order chi connectivity index (χ0) is 30.0. The quantitative estimate of drug-likeness (QED) is 0.218. The number of hydrogen-bond acceptors (Lipinski definition) is 8. The molecule has 3 aromatic carbocycles.